The van der Waals surface area contributed by atoms with Gasteiger partial charge in [-0.2, -0.15) is 0 Å². The Hall–Kier alpha value is -2.71. The number of hydrogen-bond donors (Lipinski definition) is 0. The molecule has 0 bridgehead atoms. The maximum absolute atomic E-state index is 13.4. The molecule has 0 unspecified atom stereocenters. The lowest BCUT2D eigenvalue weighted by Gasteiger charge is -2.28. The minimum absolute atomic E-state index is 0.228. The van der Waals surface area contributed by atoms with Gasteiger partial charge >= 0.3 is 0 Å². The zero-order valence-corrected chi connectivity index (χ0v) is 16.8. The van der Waals surface area contributed by atoms with E-state index < -0.39 is 9.84 Å². The minimum Gasteiger partial charge on any atom is -0.477 e. The normalized spacial score (nSPS) is 14.7. The molecule has 7 nitrogen and oxygen atoms in total. The molecule has 0 atom stereocenters. The first-order chi connectivity index (χ1) is 13.5. The molecule has 1 aliphatic rings. The molecule has 0 spiro atoms. The van der Waals surface area contributed by atoms with Crippen LogP contribution < -0.4 is 9.47 Å². The molecule has 0 aliphatic carbocycles. The molecule has 28 heavy (non-hydrogen) atoms. The quantitative estimate of drug-likeness (QED) is 0.666. The second-order valence-corrected chi connectivity index (χ2v) is 8.66. The molecule has 0 amide bonds. The Kier molecular flexibility index (Phi) is 4.68. The van der Waals surface area contributed by atoms with Crippen molar-refractivity contribution in [2.45, 2.75) is 22.8 Å². The van der Waals surface area contributed by atoms with Crippen molar-refractivity contribution in [3.8, 4) is 11.8 Å². The zero-order valence-electron chi connectivity index (χ0n) is 16.0. The van der Waals surface area contributed by atoms with Crippen LogP contribution in [0, 0.1) is 0 Å². The number of aromatic nitrogens is 2. The maximum atomic E-state index is 13.4. The molecule has 2 heterocycles. The van der Waals surface area contributed by atoms with Gasteiger partial charge in [-0.15, -0.1) is 0 Å². The van der Waals surface area contributed by atoms with Gasteiger partial charge in [-0.05, 0) is 42.8 Å². The highest BCUT2D eigenvalue weighted by molar-refractivity contribution is 7.91. The van der Waals surface area contributed by atoms with Crippen LogP contribution in [0.3, 0.4) is 0 Å². The van der Waals surface area contributed by atoms with Gasteiger partial charge in [0.25, 0.3) is 11.8 Å². The van der Waals surface area contributed by atoms with Crippen LogP contribution in [0.2, 0.25) is 0 Å². The number of likely N-dealkylation sites (N-methyl/N-ethyl adjacent to an activating group) is 1. The average Bonchev–Trinajstić information content (AvgIpc) is 2.72. The van der Waals surface area contributed by atoms with Crippen molar-refractivity contribution in [3.05, 3.63) is 47.5 Å². The van der Waals surface area contributed by atoms with Crippen molar-refractivity contribution < 1.29 is 17.9 Å². The molecule has 0 fully saturated rings. The summed E-state index contributed by atoms with van der Waals surface area (Å²) in [7, 11) is 1.27. The summed E-state index contributed by atoms with van der Waals surface area (Å²) in [4.78, 5) is 11.7. The summed E-state index contributed by atoms with van der Waals surface area (Å²) in [6.07, 6.45) is 0.685. The number of ether oxygens (including phenoxy) is 2. The summed E-state index contributed by atoms with van der Waals surface area (Å²) < 4.78 is 37.4. The van der Waals surface area contributed by atoms with E-state index >= 15 is 0 Å². The smallest absolute Gasteiger partial charge is 0.278 e. The van der Waals surface area contributed by atoms with Crippen LogP contribution >= 0.6 is 0 Å². The number of hydrogen-bond acceptors (Lipinski definition) is 7. The average molecular weight is 399 g/mol. The predicted molar refractivity (Wildman–Crippen MR) is 105 cm³/mol. The molecule has 1 aromatic heterocycles. The monoisotopic (exact) mass is 399 g/mol. The number of benzene rings is 2. The Morgan fingerprint density at radius 3 is 2.36 bits per heavy atom. The summed E-state index contributed by atoms with van der Waals surface area (Å²) >= 11 is 0. The van der Waals surface area contributed by atoms with Crippen LogP contribution in [0.5, 0.6) is 11.8 Å². The number of fused-ring (bicyclic) bond motifs is 3. The van der Waals surface area contributed by atoms with Crippen LogP contribution in [0.4, 0.5) is 0 Å². The van der Waals surface area contributed by atoms with Crippen molar-refractivity contribution >= 4 is 20.9 Å². The molecule has 8 heteroatoms. The van der Waals surface area contributed by atoms with Crippen LogP contribution in [0.1, 0.15) is 11.1 Å². The molecule has 0 radical (unpaired) electrons. The SMILES string of the molecule is COc1nc2cc(S(=O)(=O)c3ccccc3)c3c(c2nc1OC)CCN(C)C3. The van der Waals surface area contributed by atoms with E-state index in [2.05, 4.69) is 14.9 Å². The zero-order chi connectivity index (χ0) is 19.9. The summed E-state index contributed by atoms with van der Waals surface area (Å²) in [5.74, 6) is 0.515. The lowest BCUT2D eigenvalue weighted by Crippen LogP contribution is -2.28. The third-order valence-electron chi connectivity index (χ3n) is 4.98. The summed E-state index contributed by atoms with van der Waals surface area (Å²) in [6, 6.07) is 10.1. The summed E-state index contributed by atoms with van der Waals surface area (Å²) in [6.45, 7) is 1.34. The summed E-state index contributed by atoms with van der Waals surface area (Å²) in [5.41, 5.74) is 2.81. The maximum Gasteiger partial charge on any atom is 0.278 e. The Morgan fingerprint density at radius 1 is 1.00 bits per heavy atom. The minimum atomic E-state index is -3.70. The molecule has 3 aromatic rings. The highest BCUT2D eigenvalue weighted by atomic mass is 32.2. The van der Waals surface area contributed by atoms with E-state index in [4.69, 9.17) is 9.47 Å². The molecule has 146 valence electrons. The first-order valence-electron chi connectivity index (χ1n) is 8.89. The lowest BCUT2D eigenvalue weighted by molar-refractivity contribution is 0.309. The highest BCUT2D eigenvalue weighted by Gasteiger charge is 2.29. The third-order valence-corrected chi connectivity index (χ3v) is 6.81. The number of methoxy groups -OCH3 is 2. The highest BCUT2D eigenvalue weighted by Crippen LogP contribution is 2.36. The fraction of sp³-hybridized carbons (Fsp3) is 0.300. The molecule has 2 aromatic carbocycles. The fourth-order valence-electron chi connectivity index (χ4n) is 3.57. The van der Waals surface area contributed by atoms with Gasteiger partial charge in [-0.25, -0.2) is 18.4 Å². The van der Waals surface area contributed by atoms with Gasteiger partial charge in [0.2, 0.25) is 9.84 Å². The molecule has 0 N–H and O–H groups in total. The molecule has 0 saturated heterocycles. The second kappa shape index (κ2) is 7.03. The van der Waals surface area contributed by atoms with Crippen molar-refractivity contribution in [1.29, 1.82) is 0 Å². The van der Waals surface area contributed by atoms with E-state index in [0.29, 0.717) is 24.0 Å². The van der Waals surface area contributed by atoms with Gasteiger partial charge in [0.1, 0.15) is 0 Å². The van der Waals surface area contributed by atoms with Gasteiger partial charge < -0.3 is 14.4 Å². The van der Waals surface area contributed by atoms with E-state index in [-0.39, 0.29) is 21.6 Å². The van der Waals surface area contributed by atoms with Crippen molar-refractivity contribution in [2.24, 2.45) is 0 Å². The number of sulfone groups is 1. The van der Waals surface area contributed by atoms with Crippen molar-refractivity contribution in [2.75, 3.05) is 27.8 Å². The molecular weight excluding hydrogens is 378 g/mol. The van der Waals surface area contributed by atoms with Gasteiger partial charge in [-0.3, -0.25) is 0 Å². The van der Waals surface area contributed by atoms with Crippen LogP contribution in [-0.4, -0.2) is 51.1 Å². The molecule has 0 saturated carbocycles. The topological polar surface area (TPSA) is 81.6 Å². The summed E-state index contributed by atoms with van der Waals surface area (Å²) in [5, 5.41) is 0. The number of nitrogens with zero attached hydrogens (tertiary/aromatic N) is 3. The Morgan fingerprint density at radius 2 is 1.68 bits per heavy atom. The van der Waals surface area contributed by atoms with Gasteiger partial charge in [0, 0.05) is 13.1 Å². The van der Waals surface area contributed by atoms with Crippen LogP contribution in [0.15, 0.2) is 46.2 Å². The van der Waals surface area contributed by atoms with E-state index in [0.717, 1.165) is 17.7 Å². The standard InChI is InChI=1S/C20H21N3O4S/c1-23-10-9-14-15(12-23)17(28(24,25)13-7-5-4-6-8-13)11-16-18(14)22-20(27-3)19(21-16)26-2/h4-8,11H,9-10,12H2,1-3H3. The van der Waals surface area contributed by atoms with E-state index in [1.165, 1.54) is 14.2 Å². The largest absolute Gasteiger partial charge is 0.477 e. The molecular formula is C20H21N3O4S. The van der Waals surface area contributed by atoms with E-state index in [1.807, 2.05) is 7.05 Å². The van der Waals surface area contributed by atoms with Crippen LogP contribution in [-0.2, 0) is 22.8 Å². The van der Waals surface area contributed by atoms with E-state index in [1.54, 1.807) is 36.4 Å². The Balaban J connectivity index is 2.05. The van der Waals surface area contributed by atoms with Gasteiger partial charge in [0.05, 0.1) is 35.0 Å². The van der Waals surface area contributed by atoms with Gasteiger partial charge in [-0.1, -0.05) is 18.2 Å². The predicted octanol–water partition coefficient (Wildman–Crippen LogP) is 2.47. The lowest BCUT2D eigenvalue weighted by atomic mass is 9.98. The Bertz CT molecular complexity index is 1150. The second-order valence-electron chi connectivity index (χ2n) is 6.75. The first-order valence-corrected chi connectivity index (χ1v) is 10.4. The first kappa shape index (κ1) is 18.6. The van der Waals surface area contributed by atoms with Crippen molar-refractivity contribution in [3.63, 3.8) is 0 Å². The van der Waals surface area contributed by atoms with E-state index in [9.17, 15) is 8.42 Å². The number of rotatable bonds is 4. The Labute approximate surface area is 163 Å². The molecule has 4 rings (SSSR count). The fourth-order valence-corrected chi connectivity index (χ4v) is 5.12. The van der Waals surface area contributed by atoms with Crippen LogP contribution in [0.25, 0.3) is 11.0 Å². The third kappa shape index (κ3) is 2.98. The van der Waals surface area contributed by atoms with Crippen molar-refractivity contribution in [1.82, 2.24) is 14.9 Å². The molecule has 1 aliphatic heterocycles. The van der Waals surface area contributed by atoms with Gasteiger partial charge in [0.15, 0.2) is 0 Å².